The summed E-state index contributed by atoms with van der Waals surface area (Å²) in [6.45, 7) is 2.67. The van der Waals surface area contributed by atoms with Gasteiger partial charge in [-0.25, -0.2) is 0 Å². The van der Waals surface area contributed by atoms with Gasteiger partial charge in [-0.2, -0.15) is 0 Å². The minimum absolute atomic E-state index is 0.0356. The predicted molar refractivity (Wildman–Crippen MR) is 476 cm³/mol. The second-order valence-electron chi connectivity index (χ2n) is 34.1. The number of hydrogen-bond donors (Lipinski definition) is 33. The van der Waals surface area contributed by atoms with Crippen molar-refractivity contribution in [2.24, 2.45) is 0 Å². The number of ketones is 3. The van der Waals surface area contributed by atoms with Gasteiger partial charge in [0.2, 0.25) is 35.4 Å². The number of nitrogens with one attached hydrogen (secondary N) is 6. The lowest BCUT2D eigenvalue weighted by Crippen LogP contribution is -2.59. The van der Waals surface area contributed by atoms with Crippen molar-refractivity contribution < 1.29 is 224 Å². The molecule has 3 aliphatic heterocycles. The largest absolute Gasteiger partial charge is 0.396 e. The van der Waals surface area contributed by atoms with E-state index < -0.39 is 224 Å². The van der Waals surface area contributed by atoms with Gasteiger partial charge in [-0.15, -0.1) is 0 Å². The van der Waals surface area contributed by atoms with Crippen LogP contribution in [0.25, 0.3) is 0 Å². The van der Waals surface area contributed by atoms with E-state index in [0.717, 1.165) is 0 Å². The lowest BCUT2D eigenvalue weighted by atomic mass is 9.99. The molecule has 0 aromatic rings. The first-order valence-electron chi connectivity index (χ1n) is 47.3. The zero-order chi connectivity index (χ0) is 104. The van der Waals surface area contributed by atoms with Gasteiger partial charge in [0, 0.05) is 118 Å². The average molecular weight is 2010 g/mol. The molecular weight excluding hydrogens is 1850 g/mol. The fourth-order valence-electron chi connectivity index (χ4n) is 13.8. The van der Waals surface area contributed by atoms with Crippen molar-refractivity contribution in [3.63, 3.8) is 0 Å². The molecule has 51 heteroatoms. The number of amides is 6. The Morgan fingerprint density at radius 1 is 0.261 bits per heavy atom. The van der Waals surface area contributed by atoms with Crippen LogP contribution in [-0.4, -0.2) is 474 Å². The maximum absolute atomic E-state index is 12.3. The van der Waals surface area contributed by atoms with Crippen molar-refractivity contribution in [3.05, 3.63) is 0 Å². The molecule has 810 valence electrons. The van der Waals surface area contributed by atoms with Gasteiger partial charge in [0.05, 0.1) is 56.3 Å². The molecule has 0 saturated carbocycles. The van der Waals surface area contributed by atoms with E-state index in [4.69, 9.17) is 58.0 Å². The van der Waals surface area contributed by atoms with E-state index in [0.29, 0.717) is 154 Å². The molecule has 0 bridgehead atoms. The summed E-state index contributed by atoms with van der Waals surface area (Å²) in [5, 5.41) is 276. The Morgan fingerprint density at radius 2 is 0.478 bits per heavy atom. The maximum Gasteiger partial charge on any atom is 0.220 e. The number of carbonyl (C=O) groups is 9. The van der Waals surface area contributed by atoms with Crippen molar-refractivity contribution >= 4 is 52.8 Å². The Balaban J connectivity index is 0.00000103. The van der Waals surface area contributed by atoms with Crippen molar-refractivity contribution in [2.45, 2.75) is 397 Å². The third-order valence-electron chi connectivity index (χ3n) is 22.6. The van der Waals surface area contributed by atoms with E-state index in [2.05, 4.69) is 31.9 Å². The fourth-order valence-corrected chi connectivity index (χ4v) is 13.8. The molecule has 51 nitrogen and oxygen atoms in total. The second-order valence-corrected chi connectivity index (χ2v) is 34.1. The van der Waals surface area contributed by atoms with Crippen LogP contribution in [0.4, 0.5) is 0 Å². The highest BCUT2D eigenvalue weighted by molar-refractivity contribution is 5.88. The third kappa shape index (κ3) is 53.8. The molecule has 28 unspecified atom stereocenters. The summed E-state index contributed by atoms with van der Waals surface area (Å²) in [6.07, 6.45) is -30.3. The normalized spacial score (nSPS) is 24.9. The highest BCUT2D eigenvalue weighted by Gasteiger charge is 2.47. The summed E-state index contributed by atoms with van der Waals surface area (Å²) in [5.74, 6) is -2.16. The summed E-state index contributed by atoms with van der Waals surface area (Å²) in [5.41, 5.74) is 0. The van der Waals surface area contributed by atoms with E-state index in [1.807, 2.05) is 0 Å². The Hall–Kier alpha value is -5.61. The number of hydrogen-bond acceptors (Lipinski definition) is 45. The van der Waals surface area contributed by atoms with Crippen LogP contribution in [0, 0.1) is 0 Å². The number of Topliss-reactive ketones (excluding diaryl/α,β-unsaturated/α-hetero) is 3. The standard InChI is InChI=1S/3C29H54N2O15/c3*1-17(34)18(31-22(37)10-4-6-14-44-28(43)26(41)23(38)19(35)11-13-32)8-2-5-12-30-21(36)9-3-7-15-45-29-27(42)25(40)24(39)20(16-33)46-29/h3*18-20,23-29,32-33,35,38-43H,2-16H2,1H3,(H,30,36)(H,31,37)/t2*18-,19?,20?,23?,24?,25?,26?,27?,28?,29?;/m10./s1. The molecular formula is C87H162N6O45. The lowest BCUT2D eigenvalue weighted by molar-refractivity contribution is -0.301. The van der Waals surface area contributed by atoms with Gasteiger partial charge in [0.15, 0.2) is 55.1 Å². The van der Waals surface area contributed by atoms with Crippen LogP contribution in [-0.2, 0) is 85.8 Å². The highest BCUT2D eigenvalue weighted by atomic mass is 16.7. The molecule has 0 aromatic heterocycles. The molecule has 3 saturated heterocycles. The Labute approximate surface area is 801 Å². The topological polar surface area (TPSA) is 855 Å². The van der Waals surface area contributed by atoms with Gasteiger partial charge >= 0.3 is 0 Å². The van der Waals surface area contributed by atoms with E-state index in [-0.39, 0.29) is 150 Å². The van der Waals surface area contributed by atoms with Crippen LogP contribution in [0.5, 0.6) is 0 Å². The summed E-state index contributed by atoms with van der Waals surface area (Å²) in [6, 6.07) is -2.02. The first kappa shape index (κ1) is 130. The zero-order valence-electron chi connectivity index (χ0n) is 79.1. The molecule has 0 spiro atoms. The summed E-state index contributed by atoms with van der Waals surface area (Å²) in [4.78, 5) is 109. The van der Waals surface area contributed by atoms with Crippen LogP contribution < -0.4 is 31.9 Å². The van der Waals surface area contributed by atoms with Crippen LogP contribution in [0.1, 0.15) is 213 Å². The fraction of sp³-hybridized carbons (Fsp3) is 0.897. The molecule has 3 heterocycles. The van der Waals surface area contributed by atoms with Gasteiger partial charge in [0.25, 0.3) is 0 Å². The molecule has 138 heavy (non-hydrogen) atoms. The van der Waals surface area contributed by atoms with Crippen molar-refractivity contribution in [1.82, 2.24) is 31.9 Å². The van der Waals surface area contributed by atoms with Crippen LogP contribution in [0.2, 0.25) is 0 Å². The van der Waals surface area contributed by atoms with Crippen molar-refractivity contribution in [3.8, 4) is 0 Å². The monoisotopic (exact) mass is 2010 g/mol. The Bertz CT molecular complexity index is 2920. The number of unbranched alkanes of at least 4 members (excludes halogenated alkanes) is 9. The summed E-state index contributed by atoms with van der Waals surface area (Å²) in [7, 11) is 0. The lowest BCUT2D eigenvalue weighted by Gasteiger charge is -2.39. The van der Waals surface area contributed by atoms with Crippen LogP contribution in [0.3, 0.4) is 0 Å². The van der Waals surface area contributed by atoms with E-state index in [9.17, 15) is 166 Å². The molecule has 3 fully saturated rings. The number of aliphatic hydroxyl groups excluding tert-OH is 27. The number of ether oxygens (including phenoxy) is 9. The summed E-state index contributed by atoms with van der Waals surface area (Å²) >= 11 is 0. The van der Waals surface area contributed by atoms with Gasteiger partial charge in [0.1, 0.15) is 110 Å². The molecule has 0 aromatic carbocycles. The molecule has 6 amide bonds. The molecule has 0 aliphatic carbocycles. The maximum atomic E-state index is 12.3. The zero-order valence-corrected chi connectivity index (χ0v) is 79.1. The van der Waals surface area contributed by atoms with Gasteiger partial charge in [-0.3, -0.25) is 43.2 Å². The first-order chi connectivity index (χ1) is 65.5. The quantitative estimate of drug-likeness (QED) is 0.0199. The predicted octanol–water partition coefficient (Wildman–Crippen LogP) is -11.1. The number of rotatable bonds is 75. The minimum atomic E-state index is -1.78. The summed E-state index contributed by atoms with van der Waals surface area (Å²) < 4.78 is 47.0. The molecule has 30 atom stereocenters. The van der Waals surface area contributed by atoms with Gasteiger partial charge < -0.3 is 212 Å². The average Bonchev–Trinajstić information content (AvgIpc) is 0.825. The first-order valence-corrected chi connectivity index (χ1v) is 47.3. The third-order valence-corrected chi connectivity index (χ3v) is 22.6. The van der Waals surface area contributed by atoms with Crippen molar-refractivity contribution in [2.75, 3.05) is 98.9 Å². The second kappa shape index (κ2) is 76.0. The van der Waals surface area contributed by atoms with Crippen LogP contribution >= 0.6 is 0 Å². The van der Waals surface area contributed by atoms with E-state index in [1.165, 1.54) is 20.8 Å². The molecule has 0 radical (unpaired) electrons. The van der Waals surface area contributed by atoms with Crippen LogP contribution in [0.15, 0.2) is 0 Å². The molecule has 33 N–H and O–H groups in total. The number of carbonyl (C=O) groups excluding carboxylic acids is 9. The highest BCUT2D eigenvalue weighted by Crippen LogP contribution is 2.27. The van der Waals surface area contributed by atoms with Gasteiger partial charge in [-0.1, -0.05) is 0 Å². The Kier molecular flexibility index (Phi) is 71.9. The van der Waals surface area contributed by atoms with Crippen molar-refractivity contribution in [1.29, 1.82) is 0 Å². The SMILES string of the molecule is CC(=O)C(CCCCNC(=O)CCCCOC1OC(CO)C(O)C(O)C1O)NC(=O)CCCCOC(O)C(O)C(O)C(O)CCO.CC(=O)[C@@H](CCCCNC(=O)CCCCOC1OC(CO)C(O)C(O)C1O)NC(=O)CCCCOC(O)C(O)C(O)C(O)CCO.CC(=O)[C@H](CCCCNC(=O)CCCCOC1OC(CO)C(O)C(O)C1O)NC(=O)CCCCOC(O)C(O)C(O)C(O)CCO. The number of aliphatic hydroxyl groups is 27. The van der Waals surface area contributed by atoms with E-state index in [1.54, 1.807) is 0 Å². The molecule has 3 rings (SSSR count). The minimum Gasteiger partial charge on any atom is -0.396 e. The smallest absolute Gasteiger partial charge is 0.220 e. The molecule has 3 aliphatic rings. The van der Waals surface area contributed by atoms with E-state index >= 15 is 0 Å². The Morgan fingerprint density at radius 3 is 0.688 bits per heavy atom. The van der Waals surface area contributed by atoms with Gasteiger partial charge in [-0.05, 0) is 175 Å².